The van der Waals surface area contributed by atoms with Gasteiger partial charge in [-0.3, -0.25) is 9.80 Å². The van der Waals surface area contributed by atoms with Gasteiger partial charge in [-0.15, -0.1) is 0 Å². The summed E-state index contributed by atoms with van der Waals surface area (Å²) in [6.07, 6.45) is 3.24. The Balaban J connectivity index is 1.47. The van der Waals surface area contributed by atoms with Crippen LogP contribution in [0.3, 0.4) is 0 Å². The van der Waals surface area contributed by atoms with E-state index in [1.165, 1.54) is 32.4 Å². The molecule has 0 spiro atoms. The third kappa shape index (κ3) is 4.74. The molecule has 0 unspecified atom stereocenters. The van der Waals surface area contributed by atoms with Crippen LogP contribution in [0.2, 0.25) is 10.0 Å². The average Bonchev–Trinajstić information content (AvgIpc) is 2.85. The van der Waals surface area contributed by atoms with Crippen LogP contribution in [0.25, 0.3) is 0 Å². The number of benzene rings is 1. The molecule has 128 valence electrons. The first kappa shape index (κ1) is 17.3. The molecule has 1 N–H and O–H groups in total. The summed E-state index contributed by atoms with van der Waals surface area (Å²) in [6.45, 7) is 5.42. The lowest BCUT2D eigenvalue weighted by atomic mass is 10.2. The Bertz CT molecular complexity index is 529. The fourth-order valence-corrected chi connectivity index (χ4v) is 4.04. The Kier molecular flexibility index (Phi) is 6.05. The van der Waals surface area contributed by atoms with Gasteiger partial charge in [-0.25, -0.2) is 0 Å². The molecule has 2 fully saturated rings. The maximum atomic E-state index is 10.3. The van der Waals surface area contributed by atoms with Crippen LogP contribution in [0, 0.1) is 0 Å². The smallest absolute Gasteiger partial charge is 0.138 e. The monoisotopic (exact) mass is 358 g/mol. The maximum Gasteiger partial charge on any atom is 0.138 e. The third-order valence-corrected chi connectivity index (χ3v) is 5.21. The van der Waals surface area contributed by atoms with Crippen molar-refractivity contribution in [1.82, 2.24) is 9.80 Å². The molecule has 0 radical (unpaired) electrons. The highest BCUT2D eigenvalue weighted by molar-refractivity contribution is 6.35. The van der Waals surface area contributed by atoms with Crippen LogP contribution in [0.5, 0.6) is 5.75 Å². The van der Waals surface area contributed by atoms with Crippen LogP contribution in [0.4, 0.5) is 0 Å². The summed E-state index contributed by atoms with van der Waals surface area (Å²) in [6, 6.07) is 5.78. The van der Waals surface area contributed by atoms with Gasteiger partial charge in [0, 0.05) is 24.2 Å². The Hall–Kier alpha value is -0.520. The summed E-state index contributed by atoms with van der Waals surface area (Å²) in [5.74, 6) is 0.563. The number of rotatable bonds is 5. The lowest BCUT2D eigenvalue weighted by Crippen LogP contribution is -2.41. The van der Waals surface area contributed by atoms with Crippen molar-refractivity contribution in [2.45, 2.75) is 31.4 Å². The number of aliphatic hydroxyl groups excluding tert-OH is 1. The van der Waals surface area contributed by atoms with Gasteiger partial charge in [0.05, 0.1) is 5.02 Å². The molecule has 0 amide bonds. The first-order valence-corrected chi connectivity index (χ1v) is 9.10. The van der Waals surface area contributed by atoms with Gasteiger partial charge in [-0.2, -0.15) is 0 Å². The van der Waals surface area contributed by atoms with Crippen LogP contribution in [0.15, 0.2) is 18.2 Å². The number of hydrogen-bond acceptors (Lipinski definition) is 4. The van der Waals surface area contributed by atoms with Gasteiger partial charge >= 0.3 is 0 Å². The predicted octanol–water partition coefficient (Wildman–Crippen LogP) is 2.90. The van der Waals surface area contributed by atoms with Crippen LogP contribution >= 0.6 is 23.2 Å². The van der Waals surface area contributed by atoms with E-state index < -0.39 is 6.10 Å². The molecule has 2 atom stereocenters. The zero-order valence-corrected chi connectivity index (χ0v) is 14.8. The van der Waals surface area contributed by atoms with E-state index in [0.29, 0.717) is 28.4 Å². The van der Waals surface area contributed by atoms with Crippen molar-refractivity contribution in [3.05, 3.63) is 28.2 Å². The van der Waals surface area contributed by atoms with E-state index in [4.69, 9.17) is 27.9 Å². The standard InChI is InChI=1S/C17H24Cl2N2O2/c18-13-4-5-17(16(19)9-13)23-12-15(22)11-20-6-2-8-21-7-1-3-14(21)10-20/h4-5,9,14-15,22H,1-3,6-8,10-12H2/t14-,15-/m0/s1. The number of halogens is 2. The lowest BCUT2D eigenvalue weighted by Gasteiger charge is -2.27. The largest absolute Gasteiger partial charge is 0.489 e. The predicted molar refractivity (Wildman–Crippen MR) is 93.6 cm³/mol. The normalized spacial score (nSPS) is 24.2. The van der Waals surface area contributed by atoms with E-state index in [9.17, 15) is 5.11 Å². The topological polar surface area (TPSA) is 35.9 Å². The minimum atomic E-state index is -0.519. The summed E-state index contributed by atoms with van der Waals surface area (Å²) in [5, 5.41) is 11.3. The van der Waals surface area contributed by atoms with E-state index in [1.807, 2.05) is 0 Å². The minimum Gasteiger partial charge on any atom is -0.489 e. The van der Waals surface area contributed by atoms with Gasteiger partial charge in [0.25, 0.3) is 0 Å². The molecule has 0 aliphatic carbocycles. The van der Waals surface area contributed by atoms with Gasteiger partial charge in [0.2, 0.25) is 0 Å². The highest BCUT2D eigenvalue weighted by Crippen LogP contribution is 2.27. The van der Waals surface area contributed by atoms with Crippen molar-refractivity contribution in [2.75, 3.05) is 39.3 Å². The molecule has 4 nitrogen and oxygen atoms in total. The number of nitrogens with zero attached hydrogens (tertiary/aromatic N) is 2. The van der Waals surface area contributed by atoms with E-state index in [2.05, 4.69) is 9.80 Å². The van der Waals surface area contributed by atoms with Crippen LogP contribution in [-0.2, 0) is 0 Å². The molecular weight excluding hydrogens is 335 g/mol. The summed E-state index contributed by atoms with van der Waals surface area (Å²) in [7, 11) is 0. The Morgan fingerprint density at radius 1 is 1.22 bits per heavy atom. The molecule has 2 aliphatic heterocycles. The van der Waals surface area contributed by atoms with Crippen LogP contribution < -0.4 is 4.74 Å². The Morgan fingerprint density at radius 2 is 2.04 bits per heavy atom. The molecule has 3 rings (SSSR count). The van der Waals surface area contributed by atoms with Crippen molar-refractivity contribution in [3.63, 3.8) is 0 Å². The second-order valence-electron chi connectivity index (χ2n) is 6.48. The Labute approximate surface area is 147 Å². The molecule has 0 bridgehead atoms. The second-order valence-corrected chi connectivity index (χ2v) is 7.33. The fraction of sp³-hybridized carbons (Fsp3) is 0.647. The molecular formula is C17H24Cl2N2O2. The summed E-state index contributed by atoms with van der Waals surface area (Å²) in [5.41, 5.74) is 0. The molecule has 2 heterocycles. The van der Waals surface area contributed by atoms with E-state index in [1.54, 1.807) is 18.2 Å². The molecule has 6 heteroatoms. The SMILES string of the molecule is O[C@H](COc1ccc(Cl)cc1Cl)CN1CCCN2CCC[C@H]2C1. The summed E-state index contributed by atoms with van der Waals surface area (Å²) in [4.78, 5) is 4.96. The van der Waals surface area contributed by atoms with E-state index in [0.717, 1.165) is 13.1 Å². The van der Waals surface area contributed by atoms with Crippen LogP contribution in [-0.4, -0.2) is 66.4 Å². The molecule has 0 saturated carbocycles. The molecule has 1 aromatic rings. The first-order chi connectivity index (χ1) is 11.1. The molecule has 23 heavy (non-hydrogen) atoms. The van der Waals surface area contributed by atoms with Gasteiger partial charge in [0.15, 0.2) is 0 Å². The van der Waals surface area contributed by atoms with Gasteiger partial charge in [-0.1, -0.05) is 23.2 Å². The highest BCUT2D eigenvalue weighted by Gasteiger charge is 2.29. The minimum absolute atomic E-state index is 0.242. The molecule has 0 aromatic heterocycles. The maximum absolute atomic E-state index is 10.3. The van der Waals surface area contributed by atoms with Crippen molar-refractivity contribution in [1.29, 1.82) is 0 Å². The van der Waals surface area contributed by atoms with Crippen molar-refractivity contribution in [2.24, 2.45) is 0 Å². The average molecular weight is 359 g/mol. The molecule has 2 saturated heterocycles. The van der Waals surface area contributed by atoms with Crippen molar-refractivity contribution < 1.29 is 9.84 Å². The number of aliphatic hydroxyl groups is 1. The molecule has 2 aliphatic rings. The van der Waals surface area contributed by atoms with Gasteiger partial charge in [-0.05, 0) is 57.1 Å². The van der Waals surface area contributed by atoms with E-state index >= 15 is 0 Å². The first-order valence-electron chi connectivity index (χ1n) is 8.34. The number of fused-ring (bicyclic) bond motifs is 1. The summed E-state index contributed by atoms with van der Waals surface area (Å²) >= 11 is 11.9. The Morgan fingerprint density at radius 3 is 2.87 bits per heavy atom. The summed E-state index contributed by atoms with van der Waals surface area (Å²) < 4.78 is 5.64. The van der Waals surface area contributed by atoms with Gasteiger partial charge in [0.1, 0.15) is 18.5 Å². The molecule has 1 aromatic carbocycles. The van der Waals surface area contributed by atoms with Crippen molar-refractivity contribution >= 4 is 23.2 Å². The zero-order valence-electron chi connectivity index (χ0n) is 13.3. The number of ether oxygens (including phenoxy) is 1. The third-order valence-electron chi connectivity index (χ3n) is 4.68. The lowest BCUT2D eigenvalue weighted by molar-refractivity contribution is 0.0658. The second kappa shape index (κ2) is 8.04. The zero-order chi connectivity index (χ0) is 16.2. The van der Waals surface area contributed by atoms with Gasteiger partial charge < -0.3 is 9.84 Å². The highest BCUT2D eigenvalue weighted by atomic mass is 35.5. The quantitative estimate of drug-likeness (QED) is 0.877. The fourth-order valence-electron chi connectivity index (χ4n) is 3.58. The number of hydrogen-bond donors (Lipinski definition) is 1. The van der Waals surface area contributed by atoms with Crippen LogP contribution in [0.1, 0.15) is 19.3 Å². The van der Waals surface area contributed by atoms with Crippen molar-refractivity contribution in [3.8, 4) is 5.75 Å². The van der Waals surface area contributed by atoms with E-state index in [-0.39, 0.29) is 6.61 Å². The number of β-amino-alcohol motifs (C(OH)–C–C–N with tert-alkyl or cyclic N) is 1.